The molecule has 1 aromatic heterocycles. The SMILES string of the molecule is CC(C)n1c(Cl)cnc1-c1ccccc1O. The largest absolute Gasteiger partial charge is 0.507 e. The summed E-state index contributed by atoms with van der Waals surface area (Å²) in [7, 11) is 0. The number of hydrogen-bond donors (Lipinski definition) is 1. The van der Waals surface area contributed by atoms with E-state index < -0.39 is 0 Å². The van der Waals surface area contributed by atoms with Crippen LogP contribution in [0.1, 0.15) is 19.9 Å². The number of aromatic hydroxyl groups is 1. The highest BCUT2D eigenvalue weighted by Gasteiger charge is 2.15. The third kappa shape index (κ3) is 1.78. The number of imidazole rings is 1. The van der Waals surface area contributed by atoms with E-state index in [1.165, 1.54) is 0 Å². The fourth-order valence-electron chi connectivity index (χ4n) is 1.69. The molecule has 0 aliphatic carbocycles. The van der Waals surface area contributed by atoms with Crippen molar-refractivity contribution in [2.45, 2.75) is 19.9 Å². The van der Waals surface area contributed by atoms with Crippen molar-refractivity contribution in [3.63, 3.8) is 0 Å². The molecule has 84 valence electrons. The van der Waals surface area contributed by atoms with Crippen LogP contribution in [0.2, 0.25) is 5.15 Å². The Hall–Kier alpha value is -1.48. The fourth-order valence-corrected chi connectivity index (χ4v) is 2.02. The van der Waals surface area contributed by atoms with Gasteiger partial charge in [-0.3, -0.25) is 0 Å². The smallest absolute Gasteiger partial charge is 0.145 e. The van der Waals surface area contributed by atoms with Gasteiger partial charge in [-0.25, -0.2) is 4.98 Å². The molecule has 0 amide bonds. The molecule has 0 unspecified atom stereocenters. The molecule has 0 bridgehead atoms. The maximum absolute atomic E-state index is 9.78. The Balaban J connectivity index is 2.61. The van der Waals surface area contributed by atoms with E-state index >= 15 is 0 Å². The van der Waals surface area contributed by atoms with Crippen LogP contribution in [-0.4, -0.2) is 14.7 Å². The number of nitrogens with zero attached hydrogens (tertiary/aromatic N) is 2. The van der Waals surface area contributed by atoms with Crippen molar-refractivity contribution >= 4 is 11.6 Å². The van der Waals surface area contributed by atoms with Gasteiger partial charge in [0.1, 0.15) is 16.7 Å². The summed E-state index contributed by atoms with van der Waals surface area (Å²) in [6.45, 7) is 4.05. The number of hydrogen-bond acceptors (Lipinski definition) is 2. The molecule has 16 heavy (non-hydrogen) atoms. The summed E-state index contributed by atoms with van der Waals surface area (Å²) >= 11 is 6.06. The van der Waals surface area contributed by atoms with Gasteiger partial charge in [-0.2, -0.15) is 0 Å². The zero-order chi connectivity index (χ0) is 11.7. The number of phenols is 1. The summed E-state index contributed by atoms with van der Waals surface area (Å²) in [4.78, 5) is 4.24. The Morgan fingerprint density at radius 3 is 2.62 bits per heavy atom. The van der Waals surface area contributed by atoms with E-state index in [0.29, 0.717) is 16.5 Å². The predicted molar refractivity (Wildman–Crippen MR) is 64.7 cm³/mol. The van der Waals surface area contributed by atoms with Crippen LogP contribution >= 0.6 is 11.6 Å². The van der Waals surface area contributed by atoms with Crippen molar-refractivity contribution in [2.24, 2.45) is 0 Å². The lowest BCUT2D eigenvalue weighted by Gasteiger charge is -2.13. The van der Waals surface area contributed by atoms with Gasteiger partial charge in [-0.05, 0) is 26.0 Å². The number of aromatic nitrogens is 2. The molecule has 0 radical (unpaired) electrons. The molecule has 1 aromatic carbocycles. The molecule has 3 nitrogen and oxygen atoms in total. The van der Waals surface area contributed by atoms with Crippen LogP contribution in [0.5, 0.6) is 5.75 Å². The molecule has 0 fully saturated rings. The number of rotatable bonds is 2. The van der Waals surface area contributed by atoms with Gasteiger partial charge in [-0.15, -0.1) is 0 Å². The molecule has 2 aromatic rings. The predicted octanol–water partition coefficient (Wildman–Crippen LogP) is 3.49. The van der Waals surface area contributed by atoms with Crippen LogP contribution in [0, 0.1) is 0 Å². The first-order chi connectivity index (χ1) is 7.61. The maximum Gasteiger partial charge on any atom is 0.145 e. The van der Waals surface area contributed by atoms with Crippen molar-refractivity contribution in [1.82, 2.24) is 9.55 Å². The van der Waals surface area contributed by atoms with E-state index in [1.54, 1.807) is 18.3 Å². The third-order valence-electron chi connectivity index (χ3n) is 2.41. The van der Waals surface area contributed by atoms with Gasteiger partial charge in [0.15, 0.2) is 0 Å². The van der Waals surface area contributed by atoms with Gasteiger partial charge in [0.2, 0.25) is 0 Å². The first-order valence-electron chi connectivity index (χ1n) is 5.12. The third-order valence-corrected chi connectivity index (χ3v) is 2.69. The van der Waals surface area contributed by atoms with Crippen molar-refractivity contribution < 1.29 is 5.11 Å². The lowest BCUT2D eigenvalue weighted by Crippen LogP contribution is -2.03. The molecule has 0 saturated carbocycles. The lowest BCUT2D eigenvalue weighted by molar-refractivity contribution is 0.476. The van der Waals surface area contributed by atoms with Crippen LogP contribution < -0.4 is 0 Å². The Morgan fingerprint density at radius 1 is 1.31 bits per heavy atom. The zero-order valence-corrected chi connectivity index (χ0v) is 9.94. The molecule has 0 spiro atoms. The Bertz CT molecular complexity index is 505. The van der Waals surface area contributed by atoms with Gasteiger partial charge in [0.25, 0.3) is 0 Å². The van der Waals surface area contributed by atoms with Crippen LogP contribution in [-0.2, 0) is 0 Å². The number of para-hydroxylation sites is 1. The minimum atomic E-state index is 0.199. The van der Waals surface area contributed by atoms with E-state index in [-0.39, 0.29) is 11.8 Å². The monoisotopic (exact) mass is 236 g/mol. The van der Waals surface area contributed by atoms with Gasteiger partial charge in [-0.1, -0.05) is 23.7 Å². The first-order valence-corrected chi connectivity index (χ1v) is 5.50. The van der Waals surface area contributed by atoms with E-state index in [4.69, 9.17) is 11.6 Å². The maximum atomic E-state index is 9.78. The Morgan fingerprint density at radius 2 is 2.00 bits per heavy atom. The van der Waals surface area contributed by atoms with Crippen LogP contribution in [0.4, 0.5) is 0 Å². The first kappa shape index (κ1) is 11.0. The number of halogens is 1. The van der Waals surface area contributed by atoms with Crippen LogP contribution in [0.15, 0.2) is 30.5 Å². The number of phenolic OH excluding ortho intramolecular Hbond substituents is 1. The molecule has 4 heteroatoms. The molecular weight excluding hydrogens is 224 g/mol. The van der Waals surface area contributed by atoms with Gasteiger partial charge >= 0.3 is 0 Å². The molecule has 1 heterocycles. The number of benzene rings is 1. The average molecular weight is 237 g/mol. The summed E-state index contributed by atoms with van der Waals surface area (Å²) in [5, 5.41) is 10.4. The summed E-state index contributed by atoms with van der Waals surface area (Å²) in [5.41, 5.74) is 0.697. The molecule has 0 aliphatic rings. The molecule has 1 N–H and O–H groups in total. The molecule has 0 atom stereocenters. The van der Waals surface area contributed by atoms with Crippen molar-refractivity contribution in [3.05, 3.63) is 35.6 Å². The minimum Gasteiger partial charge on any atom is -0.507 e. The van der Waals surface area contributed by atoms with Gasteiger partial charge in [0, 0.05) is 6.04 Å². The summed E-state index contributed by atoms with van der Waals surface area (Å²) < 4.78 is 1.89. The quantitative estimate of drug-likeness (QED) is 0.867. The van der Waals surface area contributed by atoms with Gasteiger partial charge < -0.3 is 9.67 Å². The molecule has 0 aliphatic heterocycles. The second-order valence-corrected chi connectivity index (χ2v) is 4.27. The van der Waals surface area contributed by atoms with Crippen molar-refractivity contribution in [3.8, 4) is 17.1 Å². The molecule has 0 saturated heterocycles. The highest BCUT2D eigenvalue weighted by Crippen LogP contribution is 2.31. The lowest BCUT2D eigenvalue weighted by atomic mass is 10.2. The Kier molecular flexibility index (Phi) is 2.88. The average Bonchev–Trinajstić information content (AvgIpc) is 2.61. The van der Waals surface area contributed by atoms with Crippen molar-refractivity contribution in [1.29, 1.82) is 0 Å². The zero-order valence-electron chi connectivity index (χ0n) is 9.18. The second kappa shape index (κ2) is 4.18. The molecular formula is C12H13ClN2O. The van der Waals surface area contributed by atoms with Crippen LogP contribution in [0.3, 0.4) is 0 Å². The fraction of sp³-hybridized carbons (Fsp3) is 0.250. The highest BCUT2D eigenvalue weighted by molar-refractivity contribution is 6.29. The standard InChI is InChI=1S/C12H13ClN2O/c1-8(2)15-11(13)7-14-12(15)9-5-3-4-6-10(9)16/h3-8,16H,1-2H3. The summed E-state index contributed by atoms with van der Waals surface area (Å²) in [6, 6.07) is 7.31. The highest BCUT2D eigenvalue weighted by atomic mass is 35.5. The van der Waals surface area contributed by atoms with Crippen LogP contribution in [0.25, 0.3) is 11.4 Å². The van der Waals surface area contributed by atoms with Crippen molar-refractivity contribution in [2.75, 3.05) is 0 Å². The van der Waals surface area contributed by atoms with E-state index in [2.05, 4.69) is 4.98 Å². The minimum absolute atomic E-state index is 0.199. The molecule has 2 rings (SSSR count). The summed E-state index contributed by atoms with van der Waals surface area (Å²) in [5.74, 6) is 0.907. The Labute approximate surface area is 99.3 Å². The van der Waals surface area contributed by atoms with E-state index in [0.717, 1.165) is 0 Å². The second-order valence-electron chi connectivity index (χ2n) is 3.89. The normalized spacial score (nSPS) is 11.0. The summed E-state index contributed by atoms with van der Waals surface area (Å²) in [6.07, 6.45) is 1.60. The van der Waals surface area contributed by atoms with E-state index in [9.17, 15) is 5.11 Å². The van der Waals surface area contributed by atoms with E-state index in [1.807, 2.05) is 30.5 Å². The van der Waals surface area contributed by atoms with Gasteiger partial charge in [0.05, 0.1) is 11.8 Å². The topological polar surface area (TPSA) is 38.0 Å².